The molecule has 2 aliphatic rings. The van der Waals surface area contributed by atoms with E-state index in [1.54, 1.807) is 0 Å². The topological polar surface area (TPSA) is 290 Å². The summed E-state index contributed by atoms with van der Waals surface area (Å²) in [5.74, 6) is -3.60. The van der Waals surface area contributed by atoms with Gasteiger partial charge in [0, 0.05) is 17.7 Å². The summed E-state index contributed by atoms with van der Waals surface area (Å²) in [5, 5.41) is 111. The molecule has 248 valence electrons. The third-order valence-electron chi connectivity index (χ3n) is 7.21. The van der Waals surface area contributed by atoms with E-state index in [0.29, 0.717) is 0 Å². The first-order valence-corrected chi connectivity index (χ1v) is 13.4. The normalized spacial score (nSPS) is 32.3. The third-order valence-corrected chi connectivity index (χ3v) is 7.21. The molecule has 45 heavy (non-hydrogen) atoms. The number of rotatable bonds is 9. The number of aliphatic hydroxyl groups excluding tert-OH is 8. The number of benzene rings is 1. The van der Waals surface area contributed by atoms with Gasteiger partial charge in [0.05, 0.1) is 13.2 Å². The van der Waals surface area contributed by atoms with Gasteiger partial charge in [0.25, 0.3) is 0 Å². The minimum Gasteiger partial charge on any atom is -0.508 e. The van der Waals surface area contributed by atoms with Crippen LogP contribution in [0.1, 0.15) is 18.2 Å². The van der Waals surface area contributed by atoms with Gasteiger partial charge >= 0.3 is 0 Å². The van der Waals surface area contributed by atoms with Crippen LogP contribution in [0.2, 0.25) is 0 Å². The van der Waals surface area contributed by atoms with E-state index in [9.17, 15) is 61.0 Å². The highest BCUT2D eigenvalue weighted by Crippen LogP contribution is 2.39. The molecule has 2 saturated heterocycles. The molecule has 0 spiro atoms. The van der Waals surface area contributed by atoms with Gasteiger partial charge in [-0.2, -0.15) is 0 Å². The van der Waals surface area contributed by atoms with Crippen LogP contribution in [0.5, 0.6) is 17.2 Å². The van der Waals surface area contributed by atoms with Crippen molar-refractivity contribution in [2.45, 2.75) is 68.3 Å². The molecule has 17 heteroatoms. The molecule has 0 aliphatic carbocycles. The molecule has 2 aromatic rings. The fourth-order valence-electron chi connectivity index (χ4n) is 4.84. The highest BCUT2D eigenvalue weighted by atomic mass is 16.7. The van der Waals surface area contributed by atoms with Gasteiger partial charge in [0.15, 0.2) is 29.0 Å². The number of phenols is 3. The van der Waals surface area contributed by atoms with Crippen LogP contribution in [-0.4, -0.2) is 131 Å². The minimum atomic E-state index is -1.88. The highest BCUT2D eigenvalue weighted by molar-refractivity contribution is 5.71. The molecule has 1 aromatic heterocycles. The smallest absolute Gasteiger partial charge is 0.228 e. The number of aromatic hydroxyl groups is 3. The van der Waals surface area contributed by atoms with E-state index in [2.05, 4.69) is 6.58 Å². The van der Waals surface area contributed by atoms with Gasteiger partial charge in [-0.15, -0.1) is 0 Å². The Morgan fingerprint density at radius 3 is 2.02 bits per heavy atom. The molecule has 2 aliphatic heterocycles. The van der Waals surface area contributed by atoms with Crippen LogP contribution in [0, 0.1) is 0 Å². The number of phenolic OH excluding ortho intramolecular Hbond substituents is 3. The zero-order chi connectivity index (χ0) is 33.3. The summed E-state index contributed by atoms with van der Waals surface area (Å²) in [6, 6.07) is 2.94. The number of allylic oxidation sites excluding steroid dienone is 1. The average Bonchev–Trinajstić information content (AvgIpc) is 2.98. The van der Waals surface area contributed by atoms with Gasteiger partial charge in [-0.25, -0.2) is 0 Å². The first kappa shape index (κ1) is 34.1. The van der Waals surface area contributed by atoms with Crippen LogP contribution in [0.4, 0.5) is 0 Å². The van der Waals surface area contributed by atoms with Crippen LogP contribution in [0.25, 0.3) is 23.2 Å². The Morgan fingerprint density at radius 1 is 0.867 bits per heavy atom. The molecular formula is C28H34O17. The lowest BCUT2D eigenvalue weighted by molar-refractivity contribution is -0.356. The molecule has 2 fully saturated rings. The predicted octanol–water partition coefficient (Wildman–Crippen LogP) is -2.05. The molecule has 0 saturated carbocycles. The van der Waals surface area contributed by atoms with Crippen LogP contribution in [-0.2, 0) is 18.9 Å². The van der Waals surface area contributed by atoms with Crippen molar-refractivity contribution >= 4 is 11.8 Å². The SMILES string of the molecule is C=C(O)c1c(C=C(C)OC2OC(CO)C(OC3OC(CO)C(O)C(O)C3O)C(O)C2O)oc(-c2cc(O)c(O)c(O)c2)cc1=O. The van der Waals surface area contributed by atoms with Gasteiger partial charge in [0.1, 0.15) is 77.4 Å². The summed E-state index contributed by atoms with van der Waals surface area (Å²) < 4.78 is 27.6. The molecule has 3 heterocycles. The largest absolute Gasteiger partial charge is 0.508 e. The van der Waals surface area contributed by atoms with Crippen LogP contribution < -0.4 is 5.43 Å². The Morgan fingerprint density at radius 2 is 1.44 bits per heavy atom. The minimum absolute atomic E-state index is 0.0337. The van der Waals surface area contributed by atoms with Crippen molar-refractivity contribution in [2.75, 3.05) is 13.2 Å². The summed E-state index contributed by atoms with van der Waals surface area (Å²) in [6.07, 6.45) is -15.7. The first-order valence-electron chi connectivity index (χ1n) is 13.4. The number of hydrogen-bond donors (Lipinski definition) is 11. The van der Waals surface area contributed by atoms with Crippen molar-refractivity contribution < 1.29 is 79.5 Å². The second-order valence-corrected chi connectivity index (χ2v) is 10.4. The Hall–Kier alpha value is -3.75. The Kier molecular flexibility index (Phi) is 10.4. The fourth-order valence-corrected chi connectivity index (χ4v) is 4.84. The van der Waals surface area contributed by atoms with E-state index in [4.69, 9.17) is 23.4 Å². The molecule has 0 bridgehead atoms. The quantitative estimate of drug-likeness (QED) is 0.104. The lowest BCUT2D eigenvalue weighted by Gasteiger charge is -2.45. The van der Waals surface area contributed by atoms with E-state index in [1.165, 1.54) is 6.92 Å². The van der Waals surface area contributed by atoms with Crippen molar-refractivity contribution in [3.05, 3.63) is 52.1 Å². The van der Waals surface area contributed by atoms with Gasteiger partial charge in [-0.3, -0.25) is 4.79 Å². The van der Waals surface area contributed by atoms with Gasteiger partial charge in [-0.05, 0) is 19.1 Å². The molecule has 4 rings (SSSR count). The third kappa shape index (κ3) is 6.92. The van der Waals surface area contributed by atoms with Crippen molar-refractivity contribution in [3.8, 4) is 28.6 Å². The van der Waals surface area contributed by atoms with Crippen LogP contribution in [0.3, 0.4) is 0 Å². The summed E-state index contributed by atoms with van der Waals surface area (Å²) in [5.41, 5.74) is -1.23. The average molecular weight is 643 g/mol. The van der Waals surface area contributed by atoms with Crippen molar-refractivity contribution in [2.24, 2.45) is 0 Å². The van der Waals surface area contributed by atoms with Crippen LogP contribution in [0.15, 0.2) is 39.7 Å². The van der Waals surface area contributed by atoms with E-state index in [1.807, 2.05) is 0 Å². The lowest BCUT2D eigenvalue weighted by Crippen LogP contribution is -2.64. The van der Waals surface area contributed by atoms with E-state index >= 15 is 0 Å². The molecule has 17 nitrogen and oxygen atoms in total. The monoisotopic (exact) mass is 642 g/mol. The van der Waals surface area contributed by atoms with E-state index in [-0.39, 0.29) is 22.8 Å². The number of hydrogen-bond acceptors (Lipinski definition) is 17. The summed E-state index contributed by atoms with van der Waals surface area (Å²) >= 11 is 0. The molecular weight excluding hydrogens is 608 g/mol. The van der Waals surface area contributed by atoms with Crippen molar-refractivity contribution in [1.82, 2.24) is 0 Å². The standard InChI is InChI=1S/C28H34O17/c1-9(3-16-19(10(2)31)12(32)6-15(42-16)11-4-13(33)20(35)14(34)5-11)41-27-25(40)23(38)26(18(8-30)44-27)45-28-24(39)22(37)21(36)17(7-29)43-28/h3-6,17-18,21-31,33-40H,2,7-8H2,1H3. The maximum atomic E-state index is 12.8. The second kappa shape index (κ2) is 13.7. The Balaban J connectivity index is 1.57. The zero-order valence-electron chi connectivity index (χ0n) is 23.6. The summed E-state index contributed by atoms with van der Waals surface area (Å²) in [6.45, 7) is 3.09. The predicted molar refractivity (Wildman–Crippen MR) is 148 cm³/mol. The van der Waals surface area contributed by atoms with Gasteiger partial charge in [0.2, 0.25) is 6.29 Å². The number of aliphatic hydroxyl groups is 8. The molecule has 10 atom stereocenters. The van der Waals surface area contributed by atoms with Crippen molar-refractivity contribution in [1.29, 1.82) is 0 Å². The maximum absolute atomic E-state index is 12.8. The summed E-state index contributed by atoms with van der Waals surface area (Å²) in [7, 11) is 0. The van der Waals surface area contributed by atoms with Gasteiger partial charge < -0.3 is 79.5 Å². The second-order valence-electron chi connectivity index (χ2n) is 10.4. The maximum Gasteiger partial charge on any atom is 0.228 e. The highest BCUT2D eigenvalue weighted by Gasteiger charge is 2.51. The number of ether oxygens (including phenoxy) is 4. The Bertz CT molecular complexity index is 1440. The summed E-state index contributed by atoms with van der Waals surface area (Å²) in [4.78, 5) is 12.8. The Labute approximate surface area is 253 Å². The first-order chi connectivity index (χ1) is 21.2. The molecule has 0 radical (unpaired) electrons. The molecule has 11 N–H and O–H groups in total. The zero-order valence-corrected chi connectivity index (χ0v) is 23.6. The fraction of sp³-hybridized carbons (Fsp3) is 0.464. The lowest BCUT2D eigenvalue weighted by atomic mass is 9.97. The molecule has 1 aromatic carbocycles. The molecule has 0 amide bonds. The van der Waals surface area contributed by atoms with E-state index in [0.717, 1.165) is 24.3 Å². The van der Waals surface area contributed by atoms with Gasteiger partial charge in [-0.1, -0.05) is 6.58 Å². The van der Waals surface area contributed by atoms with E-state index < -0.39 is 109 Å². The molecule has 10 unspecified atom stereocenters. The van der Waals surface area contributed by atoms with Crippen molar-refractivity contribution in [3.63, 3.8) is 0 Å². The van der Waals surface area contributed by atoms with Crippen LogP contribution >= 0.6 is 0 Å².